The van der Waals surface area contributed by atoms with Crippen LogP contribution in [0.5, 0.6) is 0 Å². The minimum Gasteiger partial charge on any atom is -0.376 e. The summed E-state index contributed by atoms with van der Waals surface area (Å²) in [5.41, 5.74) is 0.970. The van der Waals surface area contributed by atoms with Crippen LogP contribution in [0.2, 0.25) is 0 Å². The molecule has 0 saturated heterocycles. The number of hydrogen-bond donors (Lipinski definition) is 1. The van der Waals surface area contributed by atoms with Gasteiger partial charge in [-0.2, -0.15) is 5.10 Å². The first-order valence-electron chi connectivity index (χ1n) is 7.03. The number of aromatic nitrogens is 2. The topological polar surface area (TPSA) is 39.1 Å². The maximum atomic E-state index is 5.88. The third kappa shape index (κ3) is 3.20. The van der Waals surface area contributed by atoms with Crippen LogP contribution in [0.4, 0.5) is 0 Å². The lowest BCUT2D eigenvalue weighted by Crippen LogP contribution is -2.44. The summed E-state index contributed by atoms with van der Waals surface area (Å²) in [6, 6.07) is 0.121. The van der Waals surface area contributed by atoms with Crippen molar-refractivity contribution in [2.45, 2.75) is 58.2 Å². The van der Waals surface area contributed by atoms with Crippen molar-refractivity contribution >= 4 is 15.9 Å². The van der Waals surface area contributed by atoms with Crippen molar-refractivity contribution in [1.82, 2.24) is 15.1 Å². The average Bonchev–Trinajstić information content (AvgIpc) is 2.78. The molecule has 0 spiro atoms. The van der Waals surface area contributed by atoms with Gasteiger partial charge in [-0.25, -0.2) is 0 Å². The Bertz CT molecular complexity index is 380. The second kappa shape index (κ2) is 7.41. The molecule has 0 amide bonds. The largest absolute Gasteiger partial charge is 0.376 e. The van der Waals surface area contributed by atoms with Gasteiger partial charge in [0.05, 0.1) is 28.0 Å². The number of nitrogens with one attached hydrogen (secondary N) is 1. The zero-order chi connectivity index (χ0) is 14.5. The molecule has 19 heavy (non-hydrogen) atoms. The zero-order valence-electron chi connectivity index (χ0n) is 12.7. The van der Waals surface area contributed by atoms with Crippen molar-refractivity contribution in [1.29, 1.82) is 0 Å². The van der Waals surface area contributed by atoms with Crippen LogP contribution in [0.3, 0.4) is 0 Å². The van der Waals surface area contributed by atoms with Crippen LogP contribution in [0, 0.1) is 0 Å². The molecule has 0 aliphatic carbocycles. The molecule has 110 valence electrons. The summed E-state index contributed by atoms with van der Waals surface area (Å²) in [4.78, 5) is 0. The van der Waals surface area contributed by atoms with E-state index in [2.05, 4.69) is 51.8 Å². The van der Waals surface area contributed by atoms with E-state index in [9.17, 15) is 0 Å². The Balaban J connectivity index is 3.25. The van der Waals surface area contributed by atoms with Crippen molar-refractivity contribution in [3.05, 3.63) is 16.4 Å². The standard InChI is InChI=1S/C14H26BrN3O/c1-6-9-18-12(11(15)10-17-18)13(16-4)14(7-2,8-3)19-5/h10,13,16H,6-9H2,1-5H3. The number of likely N-dealkylation sites (N-methyl/N-ethyl adjacent to an activating group) is 1. The summed E-state index contributed by atoms with van der Waals surface area (Å²) < 4.78 is 9.00. The smallest absolute Gasteiger partial charge is 0.0882 e. The molecular formula is C14H26BrN3O. The van der Waals surface area contributed by atoms with Gasteiger partial charge in [-0.05, 0) is 42.2 Å². The van der Waals surface area contributed by atoms with Crippen molar-refractivity contribution in [3.8, 4) is 0 Å². The van der Waals surface area contributed by atoms with E-state index in [-0.39, 0.29) is 11.6 Å². The molecule has 0 radical (unpaired) electrons. The maximum Gasteiger partial charge on any atom is 0.0882 e. The molecule has 5 heteroatoms. The first-order valence-corrected chi connectivity index (χ1v) is 7.83. The van der Waals surface area contributed by atoms with Crippen molar-refractivity contribution < 1.29 is 4.74 Å². The lowest BCUT2D eigenvalue weighted by Gasteiger charge is -2.38. The van der Waals surface area contributed by atoms with Gasteiger partial charge in [-0.1, -0.05) is 20.8 Å². The summed E-state index contributed by atoms with van der Waals surface area (Å²) in [7, 11) is 3.78. The van der Waals surface area contributed by atoms with E-state index < -0.39 is 0 Å². The van der Waals surface area contributed by atoms with E-state index in [1.807, 2.05) is 13.2 Å². The van der Waals surface area contributed by atoms with Gasteiger partial charge in [0.25, 0.3) is 0 Å². The highest BCUT2D eigenvalue weighted by molar-refractivity contribution is 9.10. The third-order valence-corrected chi connectivity index (χ3v) is 4.57. The molecule has 1 unspecified atom stereocenters. The average molecular weight is 332 g/mol. The number of rotatable bonds is 8. The number of methoxy groups -OCH3 is 1. The molecule has 1 N–H and O–H groups in total. The fraction of sp³-hybridized carbons (Fsp3) is 0.786. The van der Waals surface area contributed by atoms with Crippen LogP contribution in [-0.4, -0.2) is 29.5 Å². The molecule has 4 nitrogen and oxygen atoms in total. The number of halogens is 1. The van der Waals surface area contributed by atoms with E-state index in [0.29, 0.717) is 0 Å². The number of aryl methyl sites for hydroxylation is 1. The van der Waals surface area contributed by atoms with E-state index in [0.717, 1.165) is 30.3 Å². The normalized spacial score (nSPS) is 13.8. The van der Waals surface area contributed by atoms with Gasteiger partial charge in [0.2, 0.25) is 0 Å². The fourth-order valence-electron chi connectivity index (χ4n) is 2.76. The SMILES string of the molecule is CCCn1ncc(Br)c1C(NC)C(CC)(CC)OC. The summed E-state index contributed by atoms with van der Waals surface area (Å²) in [5, 5.41) is 7.89. The molecule has 1 aromatic heterocycles. The maximum absolute atomic E-state index is 5.88. The van der Waals surface area contributed by atoms with Gasteiger partial charge in [-0.3, -0.25) is 4.68 Å². The molecule has 1 heterocycles. The number of hydrogen-bond acceptors (Lipinski definition) is 3. The molecule has 0 aliphatic heterocycles. The lowest BCUT2D eigenvalue weighted by atomic mass is 9.86. The fourth-order valence-corrected chi connectivity index (χ4v) is 3.29. The van der Waals surface area contributed by atoms with E-state index >= 15 is 0 Å². The predicted octanol–water partition coefficient (Wildman–Crippen LogP) is 3.52. The molecule has 1 atom stereocenters. The lowest BCUT2D eigenvalue weighted by molar-refractivity contribution is -0.0490. The van der Waals surface area contributed by atoms with Gasteiger partial charge in [-0.15, -0.1) is 0 Å². The first kappa shape index (κ1) is 16.7. The zero-order valence-corrected chi connectivity index (χ0v) is 14.2. The molecule has 0 saturated carbocycles. The number of nitrogens with zero attached hydrogens (tertiary/aromatic N) is 2. The Morgan fingerprint density at radius 2 is 2.05 bits per heavy atom. The molecule has 0 aromatic carbocycles. The molecule has 0 aliphatic rings. The Morgan fingerprint density at radius 1 is 1.42 bits per heavy atom. The van der Waals surface area contributed by atoms with Gasteiger partial charge >= 0.3 is 0 Å². The van der Waals surface area contributed by atoms with Crippen molar-refractivity contribution in [3.63, 3.8) is 0 Å². The summed E-state index contributed by atoms with van der Waals surface area (Å²) in [6.45, 7) is 7.43. The Morgan fingerprint density at radius 3 is 2.47 bits per heavy atom. The van der Waals surface area contributed by atoms with E-state index in [1.54, 1.807) is 7.11 Å². The molecule has 0 fully saturated rings. The van der Waals surface area contributed by atoms with Crippen LogP contribution in [-0.2, 0) is 11.3 Å². The monoisotopic (exact) mass is 331 g/mol. The van der Waals surface area contributed by atoms with E-state index in [1.165, 1.54) is 5.69 Å². The van der Waals surface area contributed by atoms with Gasteiger partial charge in [0.1, 0.15) is 0 Å². The third-order valence-electron chi connectivity index (χ3n) is 3.96. The van der Waals surface area contributed by atoms with Gasteiger partial charge in [0.15, 0.2) is 0 Å². The van der Waals surface area contributed by atoms with Crippen LogP contribution in [0.15, 0.2) is 10.7 Å². The van der Waals surface area contributed by atoms with Crippen molar-refractivity contribution in [2.24, 2.45) is 0 Å². The summed E-state index contributed by atoms with van der Waals surface area (Å²) in [5.74, 6) is 0. The highest BCUT2D eigenvalue weighted by Gasteiger charge is 2.39. The highest BCUT2D eigenvalue weighted by Crippen LogP contribution is 2.37. The second-order valence-electron chi connectivity index (χ2n) is 4.80. The summed E-state index contributed by atoms with van der Waals surface area (Å²) in [6.07, 6.45) is 4.85. The second-order valence-corrected chi connectivity index (χ2v) is 5.65. The van der Waals surface area contributed by atoms with E-state index in [4.69, 9.17) is 4.74 Å². The highest BCUT2D eigenvalue weighted by atomic mass is 79.9. The van der Waals surface area contributed by atoms with Crippen LogP contribution in [0.1, 0.15) is 51.8 Å². The predicted molar refractivity (Wildman–Crippen MR) is 82.3 cm³/mol. The van der Waals surface area contributed by atoms with Crippen LogP contribution in [0.25, 0.3) is 0 Å². The molecule has 1 aromatic rings. The van der Waals surface area contributed by atoms with Crippen molar-refractivity contribution in [2.75, 3.05) is 14.2 Å². The quantitative estimate of drug-likeness (QED) is 0.792. The molecule has 0 bridgehead atoms. The Hall–Kier alpha value is -0.390. The minimum absolute atomic E-state index is 0.121. The summed E-state index contributed by atoms with van der Waals surface area (Å²) >= 11 is 3.63. The van der Waals surface area contributed by atoms with Gasteiger partial charge < -0.3 is 10.1 Å². The molecule has 1 rings (SSSR count). The first-order chi connectivity index (χ1) is 9.10. The Labute approximate surface area is 125 Å². The molecular weight excluding hydrogens is 306 g/mol. The van der Waals surface area contributed by atoms with Gasteiger partial charge in [0, 0.05) is 13.7 Å². The minimum atomic E-state index is -0.206. The van der Waals surface area contributed by atoms with Crippen LogP contribution < -0.4 is 5.32 Å². The number of ether oxygens (including phenoxy) is 1. The van der Waals surface area contributed by atoms with Crippen LogP contribution >= 0.6 is 15.9 Å². The Kier molecular flexibility index (Phi) is 6.50.